The summed E-state index contributed by atoms with van der Waals surface area (Å²) in [4.78, 5) is 23.0. The molecule has 1 aromatic carbocycles. The second kappa shape index (κ2) is 6.77. The fourth-order valence-electron chi connectivity index (χ4n) is 1.45. The molecular formula is C14H12ClNO4. The maximum atomic E-state index is 11.5. The van der Waals surface area contributed by atoms with Gasteiger partial charge in [0.1, 0.15) is 6.26 Å². The minimum absolute atomic E-state index is 0.274. The maximum Gasteiger partial charge on any atom is 0.341 e. The number of esters is 1. The van der Waals surface area contributed by atoms with Gasteiger partial charge in [-0.05, 0) is 23.8 Å². The molecule has 20 heavy (non-hydrogen) atoms. The Morgan fingerprint density at radius 1 is 1.20 bits per heavy atom. The summed E-state index contributed by atoms with van der Waals surface area (Å²) < 4.78 is 9.57. The Labute approximate surface area is 120 Å². The van der Waals surface area contributed by atoms with Gasteiger partial charge in [0, 0.05) is 11.6 Å². The monoisotopic (exact) mass is 293 g/mol. The van der Waals surface area contributed by atoms with Gasteiger partial charge in [0.05, 0.1) is 11.8 Å². The summed E-state index contributed by atoms with van der Waals surface area (Å²) in [5.74, 6) is -0.975. The fraction of sp³-hybridized carbons (Fsp3) is 0.143. The number of halogens is 1. The summed E-state index contributed by atoms with van der Waals surface area (Å²) in [6.07, 6.45) is 2.62. The first kappa shape index (κ1) is 14.1. The van der Waals surface area contributed by atoms with Gasteiger partial charge in [0.15, 0.2) is 6.61 Å². The summed E-state index contributed by atoms with van der Waals surface area (Å²) in [6.45, 7) is 0.0108. The van der Waals surface area contributed by atoms with Crippen molar-refractivity contribution in [3.05, 3.63) is 59.0 Å². The molecule has 0 bridgehead atoms. The lowest BCUT2D eigenvalue weighted by atomic mass is 10.2. The zero-order valence-electron chi connectivity index (χ0n) is 10.5. The van der Waals surface area contributed by atoms with E-state index in [-0.39, 0.29) is 18.1 Å². The lowest BCUT2D eigenvalue weighted by Gasteiger charge is -2.06. The van der Waals surface area contributed by atoms with Crippen LogP contribution in [0.2, 0.25) is 5.02 Å². The lowest BCUT2D eigenvalue weighted by Crippen LogP contribution is -2.28. The third-order valence-electron chi connectivity index (χ3n) is 2.49. The number of carbonyl (C=O) groups is 2. The Hall–Kier alpha value is -2.27. The van der Waals surface area contributed by atoms with E-state index in [4.69, 9.17) is 20.8 Å². The van der Waals surface area contributed by atoms with Gasteiger partial charge in [0.25, 0.3) is 5.91 Å². The van der Waals surface area contributed by atoms with E-state index in [1.54, 1.807) is 24.3 Å². The first-order valence-electron chi connectivity index (χ1n) is 5.85. The number of hydrogen-bond acceptors (Lipinski definition) is 4. The minimum Gasteiger partial charge on any atom is -0.472 e. The van der Waals surface area contributed by atoms with E-state index in [1.807, 2.05) is 0 Å². The highest BCUT2D eigenvalue weighted by atomic mass is 35.5. The van der Waals surface area contributed by atoms with Gasteiger partial charge in [0.2, 0.25) is 0 Å². The van der Waals surface area contributed by atoms with Crippen LogP contribution in [0.3, 0.4) is 0 Å². The van der Waals surface area contributed by atoms with Crippen molar-refractivity contribution in [2.75, 3.05) is 6.61 Å². The molecule has 0 saturated carbocycles. The molecule has 0 fully saturated rings. The van der Waals surface area contributed by atoms with Gasteiger partial charge in [-0.3, -0.25) is 4.79 Å². The Balaban J connectivity index is 1.73. The van der Waals surface area contributed by atoms with Crippen LogP contribution in [-0.4, -0.2) is 18.5 Å². The first-order chi connectivity index (χ1) is 9.65. The smallest absolute Gasteiger partial charge is 0.341 e. The van der Waals surface area contributed by atoms with Crippen LogP contribution in [0.1, 0.15) is 15.9 Å². The highest BCUT2D eigenvalue weighted by Gasteiger charge is 2.10. The van der Waals surface area contributed by atoms with E-state index in [1.165, 1.54) is 18.6 Å². The standard InChI is InChI=1S/C14H12ClNO4/c15-12-3-1-10(2-4-12)7-16-13(17)9-20-14(18)11-5-6-19-8-11/h1-6,8H,7,9H2,(H,16,17). The van der Waals surface area contributed by atoms with Crippen LogP contribution in [0.15, 0.2) is 47.3 Å². The number of ether oxygens (including phenoxy) is 1. The molecule has 104 valence electrons. The third-order valence-corrected chi connectivity index (χ3v) is 2.75. The van der Waals surface area contributed by atoms with Crippen LogP contribution in [-0.2, 0) is 16.1 Å². The van der Waals surface area contributed by atoms with Crippen molar-refractivity contribution < 1.29 is 18.7 Å². The summed E-state index contributed by atoms with van der Waals surface area (Å²) >= 11 is 5.76. The summed E-state index contributed by atoms with van der Waals surface area (Å²) in [6, 6.07) is 8.55. The van der Waals surface area contributed by atoms with Gasteiger partial charge in [-0.2, -0.15) is 0 Å². The number of rotatable bonds is 5. The van der Waals surface area contributed by atoms with Crippen molar-refractivity contribution in [1.29, 1.82) is 0 Å². The summed E-state index contributed by atoms with van der Waals surface area (Å²) in [7, 11) is 0. The summed E-state index contributed by atoms with van der Waals surface area (Å²) in [5.41, 5.74) is 1.18. The predicted octanol–water partition coefficient (Wildman–Crippen LogP) is 2.41. The Morgan fingerprint density at radius 3 is 2.60 bits per heavy atom. The normalized spacial score (nSPS) is 10.1. The molecule has 0 aliphatic carbocycles. The number of hydrogen-bond donors (Lipinski definition) is 1. The lowest BCUT2D eigenvalue weighted by molar-refractivity contribution is -0.124. The highest BCUT2D eigenvalue weighted by Crippen LogP contribution is 2.09. The predicted molar refractivity (Wildman–Crippen MR) is 72.3 cm³/mol. The van der Waals surface area contributed by atoms with E-state index in [0.717, 1.165) is 5.56 Å². The SMILES string of the molecule is O=C(COC(=O)c1ccoc1)NCc1ccc(Cl)cc1. The molecule has 5 nitrogen and oxygen atoms in total. The molecule has 1 heterocycles. The molecule has 2 aromatic rings. The molecule has 1 N–H and O–H groups in total. The molecule has 0 aliphatic heterocycles. The molecule has 0 radical (unpaired) electrons. The zero-order valence-corrected chi connectivity index (χ0v) is 11.2. The molecule has 0 aliphatic rings. The Kier molecular flexibility index (Phi) is 4.79. The molecule has 0 saturated heterocycles. The average molecular weight is 294 g/mol. The Bertz CT molecular complexity index is 578. The first-order valence-corrected chi connectivity index (χ1v) is 6.23. The van der Waals surface area contributed by atoms with E-state index in [0.29, 0.717) is 11.6 Å². The van der Waals surface area contributed by atoms with Crippen LogP contribution in [0.5, 0.6) is 0 Å². The van der Waals surface area contributed by atoms with E-state index < -0.39 is 5.97 Å². The van der Waals surface area contributed by atoms with E-state index in [2.05, 4.69) is 5.32 Å². The molecule has 0 atom stereocenters. The Morgan fingerprint density at radius 2 is 1.95 bits per heavy atom. The molecule has 0 unspecified atom stereocenters. The topological polar surface area (TPSA) is 68.5 Å². The maximum absolute atomic E-state index is 11.5. The minimum atomic E-state index is -0.597. The molecule has 6 heteroatoms. The van der Waals surface area contributed by atoms with Crippen LogP contribution < -0.4 is 5.32 Å². The fourth-order valence-corrected chi connectivity index (χ4v) is 1.57. The molecule has 2 rings (SSSR count). The largest absolute Gasteiger partial charge is 0.472 e. The number of carbonyl (C=O) groups excluding carboxylic acids is 2. The average Bonchev–Trinajstić information content (AvgIpc) is 2.98. The van der Waals surface area contributed by atoms with Gasteiger partial charge >= 0.3 is 5.97 Å². The second-order valence-electron chi connectivity index (χ2n) is 3.99. The molecular weight excluding hydrogens is 282 g/mol. The van der Waals surface area contributed by atoms with E-state index in [9.17, 15) is 9.59 Å². The highest BCUT2D eigenvalue weighted by molar-refractivity contribution is 6.30. The molecule has 1 amide bonds. The third kappa shape index (κ3) is 4.13. The van der Waals surface area contributed by atoms with Crippen molar-refractivity contribution >= 4 is 23.5 Å². The second-order valence-corrected chi connectivity index (χ2v) is 4.43. The van der Waals surface area contributed by atoms with Crippen LogP contribution in [0.4, 0.5) is 0 Å². The van der Waals surface area contributed by atoms with Gasteiger partial charge in [-0.25, -0.2) is 4.79 Å². The van der Waals surface area contributed by atoms with Crippen LogP contribution in [0, 0.1) is 0 Å². The van der Waals surface area contributed by atoms with Crippen molar-refractivity contribution in [3.63, 3.8) is 0 Å². The zero-order chi connectivity index (χ0) is 14.4. The molecule has 1 aromatic heterocycles. The van der Waals surface area contributed by atoms with Crippen molar-refractivity contribution in [2.45, 2.75) is 6.54 Å². The van der Waals surface area contributed by atoms with E-state index >= 15 is 0 Å². The van der Waals surface area contributed by atoms with Crippen LogP contribution >= 0.6 is 11.6 Å². The number of nitrogens with one attached hydrogen (secondary N) is 1. The number of amides is 1. The number of furan rings is 1. The van der Waals surface area contributed by atoms with Crippen LogP contribution in [0.25, 0.3) is 0 Å². The quantitative estimate of drug-likeness (QED) is 0.860. The van der Waals surface area contributed by atoms with Gasteiger partial charge in [-0.1, -0.05) is 23.7 Å². The van der Waals surface area contributed by atoms with Gasteiger partial charge < -0.3 is 14.5 Å². The van der Waals surface area contributed by atoms with Crippen molar-refractivity contribution in [3.8, 4) is 0 Å². The number of benzene rings is 1. The summed E-state index contributed by atoms with van der Waals surface area (Å²) in [5, 5.41) is 3.27. The van der Waals surface area contributed by atoms with Crippen molar-refractivity contribution in [1.82, 2.24) is 5.32 Å². The van der Waals surface area contributed by atoms with Gasteiger partial charge in [-0.15, -0.1) is 0 Å². The molecule has 0 spiro atoms. The van der Waals surface area contributed by atoms with Crippen molar-refractivity contribution in [2.24, 2.45) is 0 Å².